The average molecular weight is 517 g/mol. The number of carbonyl (C=O) groups is 2. The Kier molecular flexibility index (Phi) is 7.65. The summed E-state index contributed by atoms with van der Waals surface area (Å²) < 4.78 is 42.5. The number of fused-ring (bicyclic) bond motifs is 1. The van der Waals surface area contributed by atoms with Gasteiger partial charge in [0.05, 0.1) is 4.90 Å². The number of amides is 2. The first-order valence-electron chi connectivity index (χ1n) is 12.3. The fourth-order valence-electron chi connectivity index (χ4n) is 4.86. The van der Waals surface area contributed by atoms with E-state index in [-0.39, 0.29) is 28.4 Å². The number of carbonyl (C=O) groups excluding carboxylic acids is 2. The van der Waals surface area contributed by atoms with E-state index >= 15 is 0 Å². The maximum atomic E-state index is 13.4. The van der Waals surface area contributed by atoms with Gasteiger partial charge in [-0.15, -0.1) is 0 Å². The van der Waals surface area contributed by atoms with Crippen molar-refractivity contribution in [1.82, 2.24) is 9.62 Å². The first kappa shape index (κ1) is 26.1. The smallest absolute Gasteiger partial charge is 0.241 e. The Morgan fingerprint density at radius 2 is 1.67 bits per heavy atom. The molecule has 36 heavy (non-hydrogen) atoms. The van der Waals surface area contributed by atoms with Crippen molar-refractivity contribution in [3.63, 3.8) is 0 Å². The van der Waals surface area contributed by atoms with Crippen LogP contribution in [0.5, 0.6) is 0 Å². The first-order valence-corrected chi connectivity index (χ1v) is 13.8. The maximum absolute atomic E-state index is 13.4. The molecule has 0 aromatic heterocycles. The SMILES string of the molecule is CC(=O)N1CCc2cc(S(=O)(=O)N[C@@H](CC(C)C)C(=O)N3CCN(c4ccc(F)cc4)CC3)ccc21. The van der Waals surface area contributed by atoms with Crippen LogP contribution in [0.1, 0.15) is 32.8 Å². The molecule has 1 saturated heterocycles. The van der Waals surface area contributed by atoms with Crippen LogP contribution in [0.15, 0.2) is 47.4 Å². The summed E-state index contributed by atoms with van der Waals surface area (Å²) in [5, 5.41) is 0. The van der Waals surface area contributed by atoms with E-state index in [1.54, 1.807) is 34.1 Å². The zero-order chi connectivity index (χ0) is 26.0. The molecule has 2 aromatic carbocycles. The highest BCUT2D eigenvalue weighted by molar-refractivity contribution is 7.89. The van der Waals surface area contributed by atoms with Gasteiger partial charge in [0.25, 0.3) is 0 Å². The minimum absolute atomic E-state index is 0.0791. The maximum Gasteiger partial charge on any atom is 0.241 e. The molecule has 8 nitrogen and oxygen atoms in total. The highest BCUT2D eigenvalue weighted by atomic mass is 32.2. The zero-order valence-corrected chi connectivity index (χ0v) is 21.7. The molecule has 1 atom stereocenters. The second kappa shape index (κ2) is 10.6. The van der Waals surface area contributed by atoms with E-state index in [1.165, 1.54) is 25.1 Å². The molecular formula is C26H33FN4O4S. The summed E-state index contributed by atoms with van der Waals surface area (Å²) in [7, 11) is -3.95. The van der Waals surface area contributed by atoms with E-state index < -0.39 is 16.1 Å². The zero-order valence-electron chi connectivity index (χ0n) is 20.9. The van der Waals surface area contributed by atoms with Gasteiger partial charge < -0.3 is 14.7 Å². The topological polar surface area (TPSA) is 90.0 Å². The van der Waals surface area contributed by atoms with Gasteiger partial charge in [0.15, 0.2) is 0 Å². The number of hydrogen-bond acceptors (Lipinski definition) is 5. The third kappa shape index (κ3) is 5.70. The Morgan fingerprint density at radius 1 is 1.00 bits per heavy atom. The fourth-order valence-corrected chi connectivity index (χ4v) is 6.11. The number of anilines is 2. The molecule has 2 aliphatic heterocycles. The highest BCUT2D eigenvalue weighted by Gasteiger charge is 2.32. The molecule has 0 radical (unpaired) electrons. The second-order valence-electron chi connectivity index (χ2n) is 9.80. The van der Waals surface area contributed by atoms with Gasteiger partial charge in [0.1, 0.15) is 11.9 Å². The van der Waals surface area contributed by atoms with Crippen molar-refractivity contribution in [1.29, 1.82) is 0 Å². The molecule has 0 bridgehead atoms. The van der Waals surface area contributed by atoms with E-state index in [0.29, 0.717) is 45.6 Å². The van der Waals surface area contributed by atoms with Crippen LogP contribution in [-0.2, 0) is 26.0 Å². The summed E-state index contributed by atoms with van der Waals surface area (Å²) in [5.41, 5.74) is 2.43. The van der Waals surface area contributed by atoms with Crippen molar-refractivity contribution in [2.24, 2.45) is 5.92 Å². The van der Waals surface area contributed by atoms with Crippen LogP contribution in [0.3, 0.4) is 0 Å². The molecule has 2 heterocycles. The molecule has 0 unspecified atom stereocenters. The van der Waals surface area contributed by atoms with Crippen molar-refractivity contribution in [2.75, 3.05) is 42.5 Å². The quantitative estimate of drug-likeness (QED) is 0.611. The van der Waals surface area contributed by atoms with Crippen LogP contribution in [0.4, 0.5) is 15.8 Å². The van der Waals surface area contributed by atoms with Crippen molar-refractivity contribution in [2.45, 2.75) is 44.6 Å². The van der Waals surface area contributed by atoms with Gasteiger partial charge in [0, 0.05) is 51.0 Å². The Balaban J connectivity index is 1.46. The summed E-state index contributed by atoms with van der Waals surface area (Å²) in [4.78, 5) is 30.7. The number of benzene rings is 2. The third-order valence-corrected chi connectivity index (χ3v) is 8.19. The number of rotatable bonds is 7. The Morgan fingerprint density at radius 3 is 2.28 bits per heavy atom. The summed E-state index contributed by atoms with van der Waals surface area (Å²) in [6.45, 7) is 7.98. The van der Waals surface area contributed by atoms with Gasteiger partial charge in [0.2, 0.25) is 21.8 Å². The largest absolute Gasteiger partial charge is 0.368 e. The van der Waals surface area contributed by atoms with E-state index in [0.717, 1.165) is 16.9 Å². The number of piperazine rings is 1. The van der Waals surface area contributed by atoms with E-state index in [2.05, 4.69) is 9.62 Å². The van der Waals surface area contributed by atoms with Crippen LogP contribution in [0.25, 0.3) is 0 Å². The molecule has 0 aliphatic carbocycles. The third-order valence-electron chi connectivity index (χ3n) is 6.72. The predicted molar refractivity (Wildman–Crippen MR) is 137 cm³/mol. The standard InChI is InChI=1S/C26H33FN4O4S/c1-18(2)16-24(26(33)30-14-12-29(13-15-30)22-6-4-21(27)5-7-22)28-36(34,35)23-8-9-25-20(17-23)10-11-31(25)19(3)32/h4-9,17-18,24,28H,10-16H2,1-3H3/t24-/m0/s1. The normalized spacial score (nSPS) is 16.9. The Hall–Kier alpha value is -2.98. The lowest BCUT2D eigenvalue weighted by Gasteiger charge is -2.38. The Labute approximate surface area is 212 Å². The van der Waals surface area contributed by atoms with Crippen LogP contribution >= 0.6 is 0 Å². The molecule has 0 saturated carbocycles. The molecule has 10 heteroatoms. The van der Waals surface area contributed by atoms with E-state index in [1.807, 2.05) is 13.8 Å². The molecular weight excluding hydrogens is 483 g/mol. The lowest BCUT2D eigenvalue weighted by molar-refractivity contribution is -0.133. The van der Waals surface area contributed by atoms with Crippen molar-refractivity contribution < 1.29 is 22.4 Å². The van der Waals surface area contributed by atoms with Crippen LogP contribution in [0, 0.1) is 11.7 Å². The van der Waals surface area contributed by atoms with Gasteiger partial charge in [-0.25, -0.2) is 12.8 Å². The summed E-state index contributed by atoms with van der Waals surface area (Å²) in [6, 6.07) is 10.1. The van der Waals surface area contributed by atoms with Crippen molar-refractivity contribution >= 4 is 33.2 Å². The molecule has 0 spiro atoms. The molecule has 2 amide bonds. The Bertz CT molecular complexity index is 1230. The van der Waals surface area contributed by atoms with E-state index in [9.17, 15) is 22.4 Å². The van der Waals surface area contributed by atoms with Gasteiger partial charge in [-0.05, 0) is 66.8 Å². The minimum Gasteiger partial charge on any atom is -0.368 e. The molecule has 194 valence electrons. The number of hydrogen-bond donors (Lipinski definition) is 1. The molecule has 2 aliphatic rings. The van der Waals surface area contributed by atoms with Gasteiger partial charge >= 0.3 is 0 Å². The number of halogens is 1. The number of nitrogens with zero attached hydrogens (tertiary/aromatic N) is 3. The molecule has 4 rings (SSSR count). The molecule has 1 fully saturated rings. The number of nitrogens with one attached hydrogen (secondary N) is 1. The van der Waals surface area contributed by atoms with E-state index in [4.69, 9.17) is 0 Å². The van der Waals surface area contributed by atoms with Crippen LogP contribution < -0.4 is 14.5 Å². The highest BCUT2D eigenvalue weighted by Crippen LogP contribution is 2.30. The van der Waals surface area contributed by atoms with Crippen LogP contribution in [0.2, 0.25) is 0 Å². The summed E-state index contributed by atoms with van der Waals surface area (Å²) >= 11 is 0. The number of sulfonamides is 1. The average Bonchev–Trinajstić information content (AvgIpc) is 3.27. The van der Waals surface area contributed by atoms with Crippen molar-refractivity contribution in [3.05, 3.63) is 53.8 Å². The lowest BCUT2D eigenvalue weighted by atomic mass is 10.0. The monoisotopic (exact) mass is 516 g/mol. The summed E-state index contributed by atoms with van der Waals surface area (Å²) in [6.07, 6.45) is 0.963. The molecule has 1 N–H and O–H groups in total. The van der Waals surface area contributed by atoms with Crippen LogP contribution in [-0.4, -0.2) is 63.9 Å². The van der Waals surface area contributed by atoms with Gasteiger partial charge in [-0.1, -0.05) is 13.8 Å². The second-order valence-corrected chi connectivity index (χ2v) is 11.5. The fraction of sp³-hybridized carbons (Fsp3) is 0.462. The first-order chi connectivity index (χ1) is 17.0. The minimum atomic E-state index is -3.95. The summed E-state index contributed by atoms with van der Waals surface area (Å²) in [5.74, 6) is -0.512. The van der Waals surface area contributed by atoms with Gasteiger partial charge in [-0.3, -0.25) is 9.59 Å². The lowest BCUT2D eigenvalue weighted by Crippen LogP contribution is -2.55. The van der Waals surface area contributed by atoms with Gasteiger partial charge in [-0.2, -0.15) is 4.72 Å². The molecule has 2 aromatic rings. The van der Waals surface area contributed by atoms with Crippen molar-refractivity contribution in [3.8, 4) is 0 Å². The predicted octanol–water partition coefficient (Wildman–Crippen LogP) is 2.78.